The Labute approximate surface area is 147 Å². The van der Waals surface area contributed by atoms with Gasteiger partial charge in [0.05, 0.1) is 21.9 Å². The smallest absolute Gasteiger partial charge is 0.363 e. The van der Waals surface area contributed by atoms with E-state index in [-0.39, 0.29) is 5.75 Å². The number of anilines is 2. The van der Waals surface area contributed by atoms with E-state index in [2.05, 4.69) is 20.8 Å². The van der Waals surface area contributed by atoms with Crippen molar-refractivity contribution in [3.05, 3.63) is 33.9 Å². The minimum Gasteiger partial charge on any atom is -0.363 e. The van der Waals surface area contributed by atoms with Gasteiger partial charge in [-0.3, -0.25) is 14.9 Å². The Balaban J connectivity index is 2.10. The van der Waals surface area contributed by atoms with Gasteiger partial charge in [-0.25, -0.2) is 0 Å². The first-order valence-corrected chi connectivity index (χ1v) is 8.30. The number of rotatable bonds is 6. The zero-order valence-electron chi connectivity index (χ0n) is 12.5. The lowest BCUT2D eigenvalue weighted by Gasteiger charge is -2.13. The molecule has 8 nitrogen and oxygen atoms in total. The fourth-order valence-electron chi connectivity index (χ4n) is 1.67. The molecule has 1 aromatic carbocycles. The minimum absolute atomic E-state index is 0.188. The first-order valence-electron chi connectivity index (χ1n) is 6.50. The minimum atomic E-state index is -4.84. The van der Waals surface area contributed by atoms with Crippen molar-refractivity contribution in [3.63, 3.8) is 0 Å². The Morgan fingerprint density at radius 2 is 2.12 bits per heavy atom. The van der Waals surface area contributed by atoms with Crippen molar-refractivity contribution >= 4 is 45.5 Å². The zero-order chi connectivity index (χ0) is 18.6. The summed E-state index contributed by atoms with van der Waals surface area (Å²) in [6.45, 7) is 0. The number of carbonyl (C=O) groups excluding carboxylic acids is 1. The van der Waals surface area contributed by atoms with Gasteiger partial charge in [-0.05, 0) is 6.07 Å². The van der Waals surface area contributed by atoms with Crippen molar-refractivity contribution < 1.29 is 22.9 Å². The van der Waals surface area contributed by atoms with E-state index in [1.165, 1.54) is 11.3 Å². The van der Waals surface area contributed by atoms with Crippen LogP contribution in [0.2, 0.25) is 0 Å². The summed E-state index contributed by atoms with van der Waals surface area (Å²) in [5.74, 6) is -0.891. The van der Waals surface area contributed by atoms with Crippen LogP contribution in [0.5, 0.6) is 0 Å². The van der Waals surface area contributed by atoms with E-state index in [0.717, 1.165) is 23.9 Å². The number of benzene rings is 1. The Kier molecular flexibility index (Phi) is 5.79. The predicted molar refractivity (Wildman–Crippen MR) is 86.9 cm³/mol. The third-order valence-electron chi connectivity index (χ3n) is 2.74. The standard InChI is InChI=1S/C12H10F3N5O3S2/c1-16-10-18-19-11(25-10)24-5-9(21)17-8-3-2-6(20(22)23)4-7(8)12(13,14)15/h2-4H,5H2,1H3,(H,16,18)(H,17,21). The summed E-state index contributed by atoms with van der Waals surface area (Å²) in [7, 11) is 1.65. The summed E-state index contributed by atoms with van der Waals surface area (Å²) in [6.07, 6.45) is -4.84. The van der Waals surface area contributed by atoms with Crippen LogP contribution in [0, 0.1) is 10.1 Å². The van der Waals surface area contributed by atoms with Crippen molar-refractivity contribution in [2.24, 2.45) is 0 Å². The third kappa shape index (κ3) is 5.03. The molecule has 0 aliphatic rings. The molecule has 1 aromatic heterocycles. The normalized spacial score (nSPS) is 11.2. The molecule has 1 heterocycles. The molecule has 0 radical (unpaired) electrons. The number of hydrogen-bond acceptors (Lipinski definition) is 8. The molecule has 0 bridgehead atoms. The summed E-state index contributed by atoms with van der Waals surface area (Å²) < 4.78 is 39.6. The summed E-state index contributed by atoms with van der Waals surface area (Å²) >= 11 is 2.20. The highest BCUT2D eigenvalue weighted by atomic mass is 32.2. The molecule has 0 aliphatic carbocycles. The SMILES string of the molecule is CNc1nnc(SCC(=O)Nc2ccc([N+](=O)[O-])cc2C(F)(F)F)s1. The van der Waals surface area contributed by atoms with Gasteiger partial charge in [0.1, 0.15) is 0 Å². The molecule has 13 heteroatoms. The molecule has 0 spiro atoms. The fourth-order valence-corrected chi connectivity index (χ4v) is 3.18. The molecule has 0 aliphatic heterocycles. The van der Waals surface area contributed by atoms with Crippen LogP contribution >= 0.6 is 23.1 Å². The highest BCUT2D eigenvalue weighted by Crippen LogP contribution is 2.37. The highest BCUT2D eigenvalue weighted by molar-refractivity contribution is 8.01. The number of nitrogens with one attached hydrogen (secondary N) is 2. The van der Waals surface area contributed by atoms with Gasteiger partial charge in [0.2, 0.25) is 11.0 Å². The molecule has 0 atom stereocenters. The Morgan fingerprint density at radius 3 is 2.68 bits per heavy atom. The second-order valence-corrected chi connectivity index (χ2v) is 6.64. The highest BCUT2D eigenvalue weighted by Gasteiger charge is 2.35. The van der Waals surface area contributed by atoms with Gasteiger partial charge in [0, 0.05) is 19.2 Å². The average Bonchev–Trinajstić information content (AvgIpc) is 3.00. The monoisotopic (exact) mass is 393 g/mol. The number of carbonyl (C=O) groups is 1. The zero-order valence-corrected chi connectivity index (χ0v) is 14.1. The molecule has 25 heavy (non-hydrogen) atoms. The molecule has 0 fully saturated rings. The van der Waals surface area contributed by atoms with Crippen LogP contribution in [-0.2, 0) is 11.0 Å². The van der Waals surface area contributed by atoms with E-state index in [4.69, 9.17) is 0 Å². The van der Waals surface area contributed by atoms with Crippen LogP contribution in [0.1, 0.15) is 5.56 Å². The van der Waals surface area contributed by atoms with Crippen LogP contribution in [0.3, 0.4) is 0 Å². The number of non-ortho nitro benzene ring substituents is 1. The number of nitro benzene ring substituents is 1. The van der Waals surface area contributed by atoms with Gasteiger partial charge in [-0.15, -0.1) is 10.2 Å². The number of thioether (sulfide) groups is 1. The largest absolute Gasteiger partial charge is 0.418 e. The summed E-state index contributed by atoms with van der Waals surface area (Å²) in [6, 6.07) is 2.13. The first-order chi connectivity index (χ1) is 11.7. The van der Waals surface area contributed by atoms with Crippen molar-refractivity contribution in [2.45, 2.75) is 10.5 Å². The molecule has 0 saturated heterocycles. The molecule has 2 N–H and O–H groups in total. The summed E-state index contributed by atoms with van der Waals surface area (Å²) in [5.41, 5.74) is -2.54. The maximum atomic E-state index is 13.0. The second kappa shape index (κ2) is 7.65. The Hall–Kier alpha value is -2.41. The van der Waals surface area contributed by atoms with Gasteiger partial charge in [0.15, 0.2) is 4.34 Å². The number of aromatic nitrogens is 2. The van der Waals surface area contributed by atoms with E-state index in [9.17, 15) is 28.1 Å². The molecule has 1 amide bonds. The molecule has 0 unspecified atom stereocenters. The van der Waals surface area contributed by atoms with Crippen molar-refractivity contribution in [1.29, 1.82) is 0 Å². The topological polar surface area (TPSA) is 110 Å². The van der Waals surface area contributed by atoms with Gasteiger partial charge < -0.3 is 10.6 Å². The maximum Gasteiger partial charge on any atom is 0.418 e. The number of alkyl halides is 3. The molecular weight excluding hydrogens is 383 g/mol. The molecule has 2 aromatic rings. The fraction of sp³-hybridized carbons (Fsp3) is 0.250. The third-order valence-corrected chi connectivity index (χ3v) is 4.81. The van der Waals surface area contributed by atoms with Crippen molar-refractivity contribution in [1.82, 2.24) is 10.2 Å². The van der Waals surface area contributed by atoms with Gasteiger partial charge in [-0.2, -0.15) is 13.2 Å². The summed E-state index contributed by atoms with van der Waals surface area (Å²) in [5, 5.41) is 23.6. The van der Waals surface area contributed by atoms with Gasteiger partial charge in [-0.1, -0.05) is 23.1 Å². The predicted octanol–water partition coefficient (Wildman–Crippen LogP) is 3.24. The van der Waals surface area contributed by atoms with Gasteiger partial charge >= 0.3 is 6.18 Å². The lowest BCUT2D eigenvalue weighted by molar-refractivity contribution is -0.385. The van der Waals surface area contributed by atoms with E-state index in [0.29, 0.717) is 15.5 Å². The number of nitrogens with zero attached hydrogens (tertiary/aromatic N) is 3. The first kappa shape index (κ1) is 18.9. The van der Waals surface area contributed by atoms with Gasteiger partial charge in [0.25, 0.3) is 5.69 Å². The number of nitro groups is 1. The average molecular weight is 393 g/mol. The van der Waals surface area contributed by atoms with Crippen molar-refractivity contribution in [2.75, 3.05) is 23.4 Å². The van der Waals surface area contributed by atoms with Crippen LogP contribution < -0.4 is 10.6 Å². The van der Waals surface area contributed by atoms with E-state index in [1.54, 1.807) is 7.05 Å². The van der Waals surface area contributed by atoms with E-state index >= 15 is 0 Å². The quantitative estimate of drug-likeness (QED) is 0.440. The number of amides is 1. The number of halogens is 3. The lowest BCUT2D eigenvalue weighted by Crippen LogP contribution is -2.18. The molecule has 0 saturated carbocycles. The van der Waals surface area contributed by atoms with Crippen LogP contribution in [0.4, 0.5) is 29.7 Å². The Bertz CT molecular complexity index is 797. The van der Waals surface area contributed by atoms with E-state index < -0.39 is 33.9 Å². The summed E-state index contributed by atoms with van der Waals surface area (Å²) in [4.78, 5) is 21.6. The van der Waals surface area contributed by atoms with Crippen molar-refractivity contribution in [3.8, 4) is 0 Å². The Morgan fingerprint density at radius 1 is 1.40 bits per heavy atom. The second-order valence-electron chi connectivity index (χ2n) is 4.44. The number of hydrogen-bond donors (Lipinski definition) is 2. The maximum absolute atomic E-state index is 13.0. The molecular formula is C12H10F3N5O3S2. The van der Waals surface area contributed by atoms with Crippen LogP contribution in [0.15, 0.2) is 22.5 Å². The molecule has 134 valence electrons. The lowest BCUT2D eigenvalue weighted by atomic mass is 10.1. The van der Waals surface area contributed by atoms with E-state index in [1.807, 2.05) is 0 Å². The molecule has 2 rings (SSSR count). The van der Waals surface area contributed by atoms with Crippen LogP contribution in [-0.4, -0.2) is 33.8 Å². The van der Waals surface area contributed by atoms with Crippen LogP contribution in [0.25, 0.3) is 0 Å².